The lowest BCUT2D eigenvalue weighted by Gasteiger charge is -2.09. The van der Waals surface area contributed by atoms with Crippen LogP contribution < -0.4 is 4.74 Å². The van der Waals surface area contributed by atoms with Crippen molar-refractivity contribution in [2.45, 2.75) is 20.0 Å². The molecule has 0 saturated heterocycles. The van der Waals surface area contributed by atoms with E-state index in [1.807, 2.05) is 13.8 Å². The summed E-state index contributed by atoms with van der Waals surface area (Å²) in [4.78, 5) is 8.15. The predicted molar refractivity (Wildman–Crippen MR) is 76.0 cm³/mol. The van der Waals surface area contributed by atoms with E-state index in [1.165, 1.54) is 6.20 Å². The van der Waals surface area contributed by atoms with E-state index < -0.39 is 12.0 Å². The van der Waals surface area contributed by atoms with E-state index in [1.54, 1.807) is 18.2 Å². The molecule has 0 aliphatic rings. The molecule has 0 atom stereocenters. The zero-order valence-electron chi connectivity index (χ0n) is 12.3. The Bertz CT molecular complexity index is 896. The summed E-state index contributed by atoms with van der Waals surface area (Å²) in [6.07, 6.45) is -1.50. The first-order valence-corrected chi connectivity index (χ1v) is 6.71. The van der Waals surface area contributed by atoms with Gasteiger partial charge in [0.05, 0.1) is 0 Å². The third-order valence-electron chi connectivity index (χ3n) is 3.02. The monoisotopic (exact) mass is 323 g/mol. The predicted octanol–water partition coefficient (Wildman–Crippen LogP) is 3.04. The van der Waals surface area contributed by atoms with Crippen LogP contribution in [0, 0.1) is 0 Å². The molecule has 23 heavy (non-hydrogen) atoms. The van der Waals surface area contributed by atoms with Gasteiger partial charge in [-0.25, -0.2) is 14.4 Å². The minimum absolute atomic E-state index is 0.0222. The normalized spacial score (nSPS) is 11.9. The molecule has 0 aliphatic carbocycles. The molecule has 0 aliphatic heterocycles. The smallest absolute Gasteiger partial charge is 0.452 e. The second-order valence-electron chi connectivity index (χ2n) is 5.04. The van der Waals surface area contributed by atoms with Crippen molar-refractivity contribution in [2.75, 3.05) is 6.61 Å². The molecule has 3 rings (SSSR count). The van der Waals surface area contributed by atoms with Gasteiger partial charge in [0.1, 0.15) is 12.1 Å². The molecular weight excluding hydrogens is 311 g/mol. The van der Waals surface area contributed by atoms with Gasteiger partial charge in [0.15, 0.2) is 5.65 Å². The minimum atomic E-state index is -4.66. The summed E-state index contributed by atoms with van der Waals surface area (Å²) in [6, 6.07) is 3.13. The second-order valence-corrected chi connectivity index (χ2v) is 5.04. The molecule has 0 bridgehead atoms. The Morgan fingerprint density at radius 1 is 1.26 bits per heavy atom. The Morgan fingerprint density at radius 2 is 2.04 bits per heavy atom. The largest absolute Gasteiger partial charge is 0.471 e. The summed E-state index contributed by atoms with van der Waals surface area (Å²) < 4.78 is 45.7. The van der Waals surface area contributed by atoms with Gasteiger partial charge in [0, 0.05) is 6.20 Å². The van der Waals surface area contributed by atoms with E-state index >= 15 is 0 Å². The van der Waals surface area contributed by atoms with Crippen LogP contribution in [0.25, 0.3) is 16.8 Å². The van der Waals surface area contributed by atoms with Gasteiger partial charge in [-0.1, -0.05) is 5.57 Å². The molecule has 0 radical (unpaired) electrons. The molecule has 0 fully saturated rings. The van der Waals surface area contributed by atoms with Crippen molar-refractivity contribution in [3.63, 3.8) is 0 Å². The highest BCUT2D eigenvalue weighted by Gasteiger charge is 2.38. The van der Waals surface area contributed by atoms with E-state index in [-0.39, 0.29) is 29.3 Å². The number of nitrogens with zero attached hydrogens (tertiary/aromatic N) is 5. The lowest BCUT2D eigenvalue weighted by Crippen LogP contribution is -2.12. The fourth-order valence-corrected chi connectivity index (χ4v) is 2.00. The van der Waals surface area contributed by atoms with Crippen LogP contribution in [0.3, 0.4) is 0 Å². The first-order valence-electron chi connectivity index (χ1n) is 6.71. The summed E-state index contributed by atoms with van der Waals surface area (Å²) in [7, 11) is 0. The maximum atomic E-state index is 13.1. The number of allylic oxidation sites excluding steroid dienone is 1. The average Bonchev–Trinajstić information content (AvgIpc) is 2.92. The third kappa shape index (κ3) is 2.81. The number of ether oxygens (including phenoxy) is 1. The molecule has 3 heterocycles. The molecular formula is C14H12F3N5O. The van der Waals surface area contributed by atoms with E-state index in [4.69, 9.17) is 4.74 Å². The molecule has 120 valence electrons. The Morgan fingerprint density at radius 3 is 2.74 bits per heavy atom. The number of halogens is 3. The zero-order valence-corrected chi connectivity index (χ0v) is 12.3. The molecule has 0 aromatic carbocycles. The molecule has 0 saturated carbocycles. The van der Waals surface area contributed by atoms with Gasteiger partial charge in [-0.2, -0.15) is 13.2 Å². The number of fused-ring (bicyclic) bond motifs is 3. The summed E-state index contributed by atoms with van der Waals surface area (Å²) in [5.74, 6) is -1.18. The van der Waals surface area contributed by atoms with Crippen LogP contribution in [-0.4, -0.2) is 31.2 Å². The first kappa shape index (κ1) is 15.2. The van der Waals surface area contributed by atoms with Gasteiger partial charge in [-0.15, -0.1) is 10.2 Å². The van der Waals surface area contributed by atoms with E-state index in [2.05, 4.69) is 20.2 Å². The maximum absolute atomic E-state index is 13.1. The van der Waals surface area contributed by atoms with E-state index in [9.17, 15) is 13.2 Å². The Labute approximate surface area is 128 Å². The van der Waals surface area contributed by atoms with Crippen LogP contribution >= 0.6 is 0 Å². The summed E-state index contributed by atoms with van der Waals surface area (Å²) in [5.41, 5.74) is 1.18. The summed E-state index contributed by atoms with van der Waals surface area (Å²) in [5, 5.41) is 6.81. The maximum Gasteiger partial charge on any atom is 0.452 e. The van der Waals surface area contributed by atoms with Crippen molar-refractivity contribution in [2.24, 2.45) is 0 Å². The molecule has 0 spiro atoms. The van der Waals surface area contributed by atoms with Crippen LogP contribution in [0.5, 0.6) is 5.88 Å². The van der Waals surface area contributed by atoms with Crippen LogP contribution in [-0.2, 0) is 6.18 Å². The standard InChI is InChI=1S/C14H12F3N5O/c1-8(2)5-7-23-12-11-20-21-13(14(15,16)17)22(11)10-9(19-12)4-3-6-18-10/h3-6H,7H2,1-2H3. The average molecular weight is 323 g/mol. The Hall–Kier alpha value is -2.71. The molecule has 0 unspecified atom stereocenters. The third-order valence-corrected chi connectivity index (χ3v) is 3.02. The van der Waals surface area contributed by atoms with Crippen molar-refractivity contribution in [3.05, 3.63) is 35.8 Å². The lowest BCUT2D eigenvalue weighted by atomic mass is 10.3. The highest BCUT2D eigenvalue weighted by molar-refractivity contribution is 5.76. The quantitative estimate of drug-likeness (QED) is 0.693. The SMILES string of the molecule is CC(C)=CCOc1nc2cccnc2n2c(C(F)(F)F)nnc12. The van der Waals surface area contributed by atoms with E-state index in [0.717, 1.165) is 9.97 Å². The fraction of sp³-hybridized carbons (Fsp3) is 0.286. The molecule has 0 N–H and O–H groups in total. The van der Waals surface area contributed by atoms with Gasteiger partial charge in [0.2, 0.25) is 11.5 Å². The van der Waals surface area contributed by atoms with Crippen LogP contribution in [0.2, 0.25) is 0 Å². The van der Waals surface area contributed by atoms with Crippen molar-refractivity contribution in [1.29, 1.82) is 0 Å². The van der Waals surface area contributed by atoms with Crippen molar-refractivity contribution >= 4 is 16.8 Å². The molecule has 9 heteroatoms. The van der Waals surface area contributed by atoms with Crippen molar-refractivity contribution in [3.8, 4) is 5.88 Å². The number of rotatable bonds is 3. The molecule has 3 aromatic rings. The zero-order chi connectivity index (χ0) is 16.6. The molecule has 0 amide bonds. The Kier molecular flexibility index (Phi) is 3.63. The van der Waals surface area contributed by atoms with Gasteiger partial charge < -0.3 is 4.74 Å². The van der Waals surface area contributed by atoms with Crippen molar-refractivity contribution < 1.29 is 17.9 Å². The number of pyridine rings is 1. The minimum Gasteiger partial charge on any atom is -0.471 e. The highest BCUT2D eigenvalue weighted by atomic mass is 19.4. The fourth-order valence-electron chi connectivity index (χ4n) is 2.00. The number of hydrogen-bond donors (Lipinski definition) is 0. The van der Waals surface area contributed by atoms with Crippen LogP contribution in [0.15, 0.2) is 30.0 Å². The van der Waals surface area contributed by atoms with Crippen LogP contribution in [0.1, 0.15) is 19.7 Å². The van der Waals surface area contributed by atoms with Gasteiger partial charge in [-0.05, 0) is 32.1 Å². The lowest BCUT2D eigenvalue weighted by molar-refractivity contribution is -0.145. The summed E-state index contributed by atoms with van der Waals surface area (Å²) >= 11 is 0. The molecule has 3 aromatic heterocycles. The van der Waals surface area contributed by atoms with Gasteiger partial charge in [-0.3, -0.25) is 0 Å². The van der Waals surface area contributed by atoms with Crippen LogP contribution in [0.4, 0.5) is 13.2 Å². The topological polar surface area (TPSA) is 65.2 Å². The first-order chi connectivity index (χ1) is 10.9. The molecule has 6 nitrogen and oxygen atoms in total. The van der Waals surface area contributed by atoms with Crippen molar-refractivity contribution in [1.82, 2.24) is 24.6 Å². The van der Waals surface area contributed by atoms with Gasteiger partial charge >= 0.3 is 6.18 Å². The highest BCUT2D eigenvalue weighted by Crippen LogP contribution is 2.31. The number of alkyl halides is 3. The Balaban J connectivity index is 2.24. The van der Waals surface area contributed by atoms with Gasteiger partial charge in [0.25, 0.3) is 5.88 Å². The number of hydrogen-bond acceptors (Lipinski definition) is 5. The second kappa shape index (κ2) is 5.49. The number of aromatic nitrogens is 5. The summed E-state index contributed by atoms with van der Waals surface area (Å²) in [6.45, 7) is 3.94. The van der Waals surface area contributed by atoms with E-state index in [0.29, 0.717) is 0 Å².